The van der Waals surface area contributed by atoms with Crippen molar-refractivity contribution >= 4 is 23.4 Å². The quantitative estimate of drug-likeness (QED) is 0.612. The van der Waals surface area contributed by atoms with Gasteiger partial charge >= 0.3 is 18.2 Å². The van der Waals surface area contributed by atoms with E-state index in [-0.39, 0.29) is 24.3 Å². The second kappa shape index (κ2) is 9.20. The molecule has 1 aliphatic rings. The zero-order valence-electron chi connectivity index (χ0n) is 18.6. The van der Waals surface area contributed by atoms with Gasteiger partial charge in [0.15, 0.2) is 0 Å². The number of aryl methyl sites for hydroxylation is 1. The molecule has 2 unspecified atom stereocenters. The highest BCUT2D eigenvalue weighted by molar-refractivity contribution is 7.14. The average Bonchev–Trinajstić information content (AvgIpc) is 3.12. The number of halogens is 3. The number of benzene rings is 1. The van der Waals surface area contributed by atoms with E-state index < -0.39 is 42.4 Å². The van der Waals surface area contributed by atoms with Gasteiger partial charge in [0.05, 0.1) is 5.56 Å². The number of aromatic carboxylic acids is 1. The maximum atomic E-state index is 13.8. The van der Waals surface area contributed by atoms with E-state index in [1.54, 1.807) is 33.0 Å². The van der Waals surface area contributed by atoms with Crippen molar-refractivity contribution in [3.05, 3.63) is 34.8 Å². The van der Waals surface area contributed by atoms with Gasteiger partial charge in [0.1, 0.15) is 28.5 Å². The molecule has 1 N–H and O–H groups in total. The van der Waals surface area contributed by atoms with Gasteiger partial charge in [-0.05, 0) is 45.9 Å². The molecule has 2 heterocycles. The van der Waals surface area contributed by atoms with E-state index in [9.17, 15) is 27.9 Å². The molecule has 1 fully saturated rings. The predicted molar refractivity (Wildman–Crippen MR) is 116 cm³/mol. The number of carbonyl (C=O) groups excluding carboxylic acids is 1. The molecular formula is C22H25F3N2O5S. The molecule has 7 nitrogen and oxygen atoms in total. The van der Waals surface area contributed by atoms with Crippen molar-refractivity contribution in [2.24, 2.45) is 0 Å². The monoisotopic (exact) mass is 486 g/mol. The molecule has 1 aromatic carbocycles. The van der Waals surface area contributed by atoms with Gasteiger partial charge in [0.2, 0.25) is 0 Å². The molecule has 1 amide bonds. The van der Waals surface area contributed by atoms with Crippen LogP contribution in [-0.2, 0) is 4.74 Å². The van der Waals surface area contributed by atoms with Crippen LogP contribution in [0.15, 0.2) is 24.4 Å². The fourth-order valence-electron chi connectivity index (χ4n) is 3.48. The number of ether oxygens (including phenoxy) is 2. The molecule has 2 aromatic rings. The number of likely N-dealkylation sites (tertiary alicyclic amines) is 1. The van der Waals surface area contributed by atoms with E-state index in [0.717, 1.165) is 4.88 Å². The van der Waals surface area contributed by atoms with Crippen molar-refractivity contribution in [1.82, 2.24) is 9.88 Å². The fraction of sp³-hybridized carbons (Fsp3) is 0.500. The number of nitrogens with zero attached hydrogens (tertiary/aromatic N) is 2. The predicted octanol–water partition coefficient (Wildman–Crippen LogP) is 5.53. The number of rotatable bonds is 4. The smallest absolute Gasteiger partial charge is 0.410 e. The molecule has 0 saturated carbocycles. The lowest BCUT2D eigenvalue weighted by Gasteiger charge is -2.40. The Bertz CT molecular complexity index is 1030. The lowest BCUT2D eigenvalue weighted by Crippen LogP contribution is -2.56. The van der Waals surface area contributed by atoms with Gasteiger partial charge < -0.3 is 14.6 Å². The molecule has 1 aliphatic heterocycles. The summed E-state index contributed by atoms with van der Waals surface area (Å²) in [5, 5.41) is 10.0. The summed E-state index contributed by atoms with van der Waals surface area (Å²) >= 11 is 1.36. The van der Waals surface area contributed by atoms with E-state index in [2.05, 4.69) is 4.98 Å². The van der Waals surface area contributed by atoms with Gasteiger partial charge in [0, 0.05) is 36.0 Å². The lowest BCUT2D eigenvalue weighted by atomic mass is 9.99. The van der Waals surface area contributed by atoms with Crippen LogP contribution in [0.1, 0.15) is 48.8 Å². The Morgan fingerprint density at radius 1 is 1.21 bits per heavy atom. The van der Waals surface area contributed by atoms with Crippen LogP contribution in [0.4, 0.5) is 18.0 Å². The van der Waals surface area contributed by atoms with Crippen molar-refractivity contribution in [3.63, 3.8) is 0 Å². The van der Waals surface area contributed by atoms with Crippen LogP contribution in [0.2, 0.25) is 0 Å². The molecule has 2 atom stereocenters. The van der Waals surface area contributed by atoms with Crippen LogP contribution < -0.4 is 4.74 Å². The molecule has 1 saturated heterocycles. The maximum Gasteiger partial charge on any atom is 0.410 e. The highest BCUT2D eigenvalue weighted by Crippen LogP contribution is 2.36. The molecule has 33 heavy (non-hydrogen) atoms. The number of aromatic nitrogens is 1. The standard InChI is InChI=1S/C22H25F3N2O5S/c1-12-11-26-18(33-12)13-7-14(19(28)29)9-16(8-13)31-15-5-6-27(17(10-15)22(23,24)25)20(30)32-21(2,3)4/h7-9,11,15,17H,5-6,10H2,1-4H3,(H,28,29). The van der Waals surface area contributed by atoms with E-state index in [4.69, 9.17) is 9.47 Å². The van der Waals surface area contributed by atoms with Gasteiger partial charge in [-0.2, -0.15) is 13.2 Å². The van der Waals surface area contributed by atoms with Gasteiger partial charge in [-0.15, -0.1) is 11.3 Å². The Morgan fingerprint density at radius 2 is 1.91 bits per heavy atom. The lowest BCUT2D eigenvalue weighted by molar-refractivity contribution is -0.194. The highest BCUT2D eigenvalue weighted by Gasteiger charge is 2.50. The summed E-state index contributed by atoms with van der Waals surface area (Å²) in [5.41, 5.74) is -0.488. The van der Waals surface area contributed by atoms with E-state index in [1.165, 1.54) is 23.5 Å². The summed E-state index contributed by atoms with van der Waals surface area (Å²) in [5.74, 6) is -1.06. The molecule has 0 spiro atoms. The fourth-order valence-corrected chi connectivity index (χ4v) is 4.24. The minimum absolute atomic E-state index is 0.0612. The molecule has 180 valence electrons. The summed E-state index contributed by atoms with van der Waals surface area (Å²) in [6.45, 7) is 6.40. The maximum absolute atomic E-state index is 13.8. The largest absolute Gasteiger partial charge is 0.490 e. The molecule has 0 aliphatic carbocycles. The number of carbonyl (C=O) groups is 2. The summed E-state index contributed by atoms with van der Waals surface area (Å²) in [6, 6.07) is 2.20. The zero-order valence-corrected chi connectivity index (χ0v) is 19.4. The number of amides is 1. The van der Waals surface area contributed by atoms with Crippen molar-refractivity contribution in [2.45, 2.75) is 64.5 Å². The zero-order chi connectivity index (χ0) is 24.6. The van der Waals surface area contributed by atoms with Crippen LogP contribution in [0, 0.1) is 6.92 Å². The van der Waals surface area contributed by atoms with E-state index in [1.807, 2.05) is 6.92 Å². The van der Waals surface area contributed by atoms with Crippen molar-refractivity contribution in [2.75, 3.05) is 6.54 Å². The van der Waals surface area contributed by atoms with Crippen LogP contribution in [0.3, 0.4) is 0 Å². The first-order chi connectivity index (χ1) is 15.2. The summed E-state index contributed by atoms with van der Waals surface area (Å²) in [6.07, 6.45) is -5.29. The molecule has 11 heteroatoms. The minimum Gasteiger partial charge on any atom is -0.490 e. The Kier molecular flexibility index (Phi) is 6.92. The number of alkyl halides is 3. The number of hydrogen-bond donors (Lipinski definition) is 1. The topological polar surface area (TPSA) is 89.0 Å². The van der Waals surface area contributed by atoms with Gasteiger partial charge in [-0.25, -0.2) is 14.6 Å². The van der Waals surface area contributed by atoms with Crippen LogP contribution in [-0.4, -0.2) is 57.5 Å². The first-order valence-electron chi connectivity index (χ1n) is 10.3. The molecule has 1 aromatic heterocycles. The van der Waals surface area contributed by atoms with Crippen molar-refractivity contribution in [1.29, 1.82) is 0 Å². The highest BCUT2D eigenvalue weighted by atomic mass is 32.1. The third kappa shape index (κ3) is 6.37. The normalized spacial score (nSPS) is 19.3. The third-order valence-corrected chi connectivity index (χ3v) is 5.85. The Morgan fingerprint density at radius 3 is 2.45 bits per heavy atom. The Balaban J connectivity index is 1.83. The summed E-state index contributed by atoms with van der Waals surface area (Å²) in [4.78, 5) is 29.8. The van der Waals surface area contributed by atoms with Crippen LogP contribution in [0.25, 0.3) is 10.6 Å². The summed E-state index contributed by atoms with van der Waals surface area (Å²) < 4.78 is 52.2. The van der Waals surface area contributed by atoms with Crippen molar-refractivity contribution in [3.8, 4) is 16.3 Å². The second-order valence-electron chi connectivity index (χ2n) is 8.82. The van der Waals surface area contributed by atoms with Crippen LogP contribution >= 0.6 is 11.3 Å². The van der Waals surface area contributed by atoms with E-state index >= 15 is 0 Å². The van der Waals surface area contributed by atoms with E-state index in [0.29, 0.717) is 15.5 Å². The number of piperidine rings is 1. The number of carboxylic acid groups (broad SMARTS) is 1. The number of hydrogen-bond acceptors (Lipinski definition) is 6. The Labute approximate surface area is 193 Å². The molecule has 0 radical (unpaired) electrons. The van der Waals surface area contributed by atoms with Gasteiger partial charge in [-0.1, -0.05) is 0 Å². The first-order valence-corrected chi connectivity index (χ1v) is 11.1. The average molecular weight is 487 g/mol. The van der Waals surface area contributed by atoms with Crippen LogP contribution in [0.5, 0.6) is 5.75 Å². The van der Waals surface area contributed by atoms with Gasteiger partial charge in [-0.3, -0.25) is 4.90 Å². The second-order valence-corrected chi connectivity index (χ2v) is 10.1. The first kappa shape index (κ1) is 24.8. The third-order valence-electron chi connectivity index (χ3n) is 4.88. The molecular weight excluding hydrogens is 461 g/mol. The minimum atomic E-state index is -4.68. The molecule has 3 rings (SSSR count). The number of carboxylic acids is 1. The molecule has 0 bridgehead atoms. The SMILES string of the molecule is Cc1cnc(-c2cc(OC3CCN(C(=O)OC(C)(C)C)C(C(F)(F)F)C3)cc(C(=O)O)c2)s1. The Hall–Kier alpha value is -2.82. The van der Waals surface area contributed by atoms with Gasteiger partial charge in [0.25, 0.3) is 0 Å². The summed E-state index contributed by atoms with van der Waals surface area (Å²) in [7, 11) is 0. The number of thiazole rings is 1. The van der Waals surface area contributed by atoms with Crippen molar-refractivity contribution < 1.29 is 37.3 Å².